The normalized spacial score (nSPS) is 14.7. The van der Waals surface area contributed by atoms with Gasteiger partial charge < -0.3 is 5.73 Å². The van der Waals surface area contributed by atoms with Crippen LogP contribution in [0, 0.1) is 0 Å². The van der Waals surface area contributed by atoms with Gasteiger partial charge in [0.1, 0.15) is 0 Å². The van der Waals surface area contributed by atoms with Gasteiger partial charge in [0.05, 0.1) is 5.41 Å². The lowest BCUT2D eigenvalue weighted by Crippen LogP contribution is -2.26. The second-order valence-electron chi connectivity index (χ2n) is 11.8. The fourth-order valence-corrected chi connectivity index (χ4v) is 7.81. The summed E-state index contributed by atoms with van der Waals surface area (Å²) < 4.78 is 0. The molecule has 2 aliphatic carbocycles. The zero-order valence-electron chi connectivity index (χ0n) is 24.8. The highest BCUT2D eigenvalue weighted by Gasteiger charge is 2.52. The molecule has 1 spiro atoms. The largest absolute Gasteiger partial charge is 0.402 e. The molecule has 0 amide bonds. The van der Waals surface area contributed by atoms with Gasteiger partial charge in [0.2, 0.25) is 0 Å². The smallest absolute Gasteiger partial charge is 0.0726 e. The maximum Gasteiger partial charge on any atom is 0.0726 e. The summed E-state index contributed by atoms with van der Waals surface area (Å²) in [6.45, 7) is 6.28. The summed E-state index contributed by atoms with van der Waals surface area (Å²) in [5, 5.41) is 5.05. The van der Waals surface area contributed by atoms with Crippen molar-refractivity contribution in [3.63, 3.8) is 0 Å². The van der Waals surface area contributed by atoms with Crippen LogP contribution in [0.4, 0.5) is 0 Å². The van der Waals surface area contributed by atoms with Crippen molar-refractivity contribution in [1.29, 1.82) is 0 Å². The molecule has 2 aliphatic rings. The molecule has 0 bridgehead atoms. The van der Waals surface area contributed by atoms with E-state index in [4.69, 9.17) is 5.73 Å². The molecule has 1 heteroatoms. The first kappa shape index (κ1) is 26.2. The van der Waals surface area contributed by atoms with Crippen molar-refractivity contribution in [3.8, 4) is 22.3 Å². The Kier molecular flexibility index (Phi) is 6.03. The molecule has 1 nitrogen and oxygen atoms in total. The van der Waals surface area contributed by atoms with Gasteiger partial charge in [0.25, 0.3) is 0 Å². The molecule has 0 heterocycles. The van der Waals surface area contributed by atoms with Crippen molar-refractivity contribution < 1.29 is 0 Å². The topological polar surface area (TPSA) is 26.0 Å². The van der Waals surface area contributed by atoms with Crippen molar-refractivity contribution in [3.05, 3.63) is 186 Å². The van der Waals surface area contributed by atoms with E-state index in [2.05, 4.69) is 128 Å². The van der Waals surface area contributed by atoms with Crippen molar-refractivity contribution in [2.45, 2.75) is 18.8 Å². The third kappa shape index (κ3) is 3.53. The first-order valence-corrected chi connectivity index (χ1v) is 15.4. The molecule has 0 aliphatic heterocycles. The van der Waals surface area contributed by atoms with E-state index in [0.717, 1.165) is 11.3 Å². The summed E-state index contributed by atoms with van der Waals surface area (Å²) >= 11 is 0. The lowest BCUT2D eigenvalue weighted by Gasteiger charge is -2.31. The van der Waals surface area contributed by atoms with Crippen LogP contribution < -0.4 is 5.73 Å². The predicted molar refractivity (Wildman–Crippen MR) is 188 cm³/mol. The summed E-state index contributed by atoms with van der Waals surface area (Å²) in [5.74, 6) is 0. The molecule has 8 rings (SSSR count). The van der Waals surface area contributed by atoms with Crippen molar-refractivity contribution in [2.24, 2.45) is 5.73 Å². The highest BCUT2D eigenvalue weighted by Crippen LogP contribution is 2.65. The minimum atomic E-state index is -0.433. The van der Waals surface area contributed by atoms with Crippen LogP contribution in [0.1, 0.15) is 41.2 Å². The molecule has 6 aromatic carbocycles. The molecular formula is C43H33N. The Hall–Kier alpha value is -5.40. The minimum Gasteiger partial charge on any atom is -0.402 e. The summed E-state index contributed by atoms with van der Waals surface area (Å²) in [4.78, 5) is 0. The van der Waals surface area contributed by atoms with Gasteiger partial charge in [-0.15, -0.1) is 0 Å². The molecule has 0 aromatic heterocycles. The van der Waals surface area contributed by atoms with Crippen molar-refractivity contribution >= 4 is 27.1 Å². The van der Waals surface area contributed by atoms with Gasteiger partial charge in [-0.1, -0.05) is 140 Å². The van der Waals surface area contributed by atoms with Gasteiger partial charge in [-0.05, 0) is 96.3 Å². The number of hydrogen-bond donors (Lipinski definition) is 1. The summed E-state index contributed by atoms with van der Waals surface area (Å²) in [6.07, 6.45) is 10.8. The van der Waals surface area contributed by atoms with Gasteiger partial charge >= 0.3 is 0 Å². The number of fused-ring (bicyclic) bond motifs is 14. The molecule has 2 N–H and O–H groups in total. The van der Waals surface area contributed by atoms with E-state index in [1.807, 2.05) is 31.2 Å². The monoisotopic (exact) mass is 563 g/mol. The van der Waals surface area contributed by atoms with Crippen LogP contribution >= 0.6 is 0 Å². The van der Waals surface area contributed by atoms with Crippen molar-refractivity contribution in [2.75, 3.05) is 0 Å². The second-order valence-corrected chi connectivity index (χ2v) is 11.8. The molecule has 0 atom stereocenters. The van der Waals surface area contributed by atoms with Gasteiger partial charge in [-0.3, -0.25) is 0 Å². The third-order valence-electron chi connectivity index (χ3n) is 9.58. The standard InChI is InChI=1S/C43H33N/c1-3-5-15-30(44)25-23-28(4-2)36-27-40-42(35-20-9-8-17-32(35)36)41-31-16-7-6-14-29(31)24-26-39(41)43(40)37-21-12-10-18-33(37)34-19-11-13-22-38(34)43/h3-24,26-27H,2,25,44H2,1H3/b5-3-,28-23+,30-15-. The van der Waals surface area contributed by atoms with Crippen LogP contribution in [0.5, 0.6) is 0 Å². The van der Waals surface area contributed by atoms with Gasteiger partial charge in [0, 0.05) is 12.1 Å². The maximum absolute atomic E-state index is 6.39. The Balaban J connectivity index is 1.54. The van der Waals surface area contributed by atoms with E-state index in [1.165, 1.54) is 71.6 Å². The molecule has 44 heavy (non-hydrogen) atoms. The number of benzene rings is 6. The molecule has 0 radical (unpaired) electrons. The molecule has 0 unspecified atom stereocenters. The minimum absolute atomic E-state index is 0.433. The summed E-state index contributed by atoms with van der Waals surface area (Å²) in [5.41, 5.74) is 19.7. The Labute approximate surface area is 259 Å². The number of allylic oxidation sites excluding steroid dienone is 6. The predicted octanol–water partition coefficient (Wildman–Crippen LogP) is 10.7. The van der Waals surface area contributed by atoms with E-state index in [9.17, 15) is 0 Å². The van der Waals surface area contributed by atoms with Gasteiger partial charge in [-0.2, -0.15) is 0 Å². The molecule has 0 saturated heterocycles. The van der Waals surface area contributed by atoms with E-state index < -0.39 is 5.41 Å². The van der Waals surface area contributed by atoms with Crippen LogP contribution in [0.3, 0.4) is 0 Å². The van der Waals surface area contributed by atoms with Crippen LogP contribution in [0.2, 0.25) is 0 Å². The van der Waals surface area contributed by atoms with E-state index in [-0.39, 0.29) is 0 Å². The zero-order chi connectivity index (χ0) is 29.8. The quantitative estimate of drug-likeness (QED) is 0.207. The first-order chi connectivity index (χ1) is 21.7. The third-order valence-corrected chi connectivity index (χ3v) is 9.58. The van der Waals surface area contributed by atoms with Crippen LogP contribution in [-0.2, 0) is 5.41 Å². The zero-order valence-corrected chi connectivity index (χ0v) is 24.8. The number of rotatable bonds is 5. The summed E-state index contributed by atoms with van der Waals surface area (Å²) in [7, 11) is 0. The number of nitrogens with two attached hydrogens (primary N) is 1. The molecule has 0 fully saturated rings. The van der Waals surface area contributed by atoms with Crippen LogP contribution in [-0.4, -0.2) is 0 Å². The average Bonchev–Trinajstić information content (AvgIpc) is 3.55. The Morgan fingerprint density at radius 3 is 2.00 bits per heavy atom. The SMILES string of the molecule is C=C/C(=C\C/C(N)=C/C=C\C)c1cc2c(c3ccccc13)-c1c(ccc3ccccc13)C21c2ccccc2-c2ccccc21. The van der Waals surface area contributed by atoms with Crippen molar-refractivity contribution in [1.82, 2.24) is 0 Å². The Morgan fingerprint density at radius 1 is 0.682 bits per heavy atom. The molecule has 6 aromatic rings. The van der Waals surface area contributed by atoms with Crippen LogP contribution in [0.15, 0.2) is 158 Å². The van der Waals surface area contributed by atoms with Crippen LogP contribution in [0.25, 0.3) is 49.4 Å². The first-order valence-electron chi connectivity index (χ1n) is 15.4. The fraction of sp³-hybridized carbons (Fsp3) is 0.0698. The molecule has 210 valence electrons. The Bertz CT molecular complexity index is 2190. The highest BCUT2D eigenvalue weighted by molar-refractivity contribution is 6.15. The molecular weight excluding hydrogens is 530 g/mol. The lowest BCUT2D eigenvalue weighted by atomic mass is 9.70. The highest BCUT2D eigenvalue weighted by atomic mass is 14.6. The summed E-state index contributed by atoms with van der Waals surface area (Å²) in [6, 6.07) is 42.9. The maximum atomic E-state index is 6.39. The average molecular weight is 564 g/mol. The van der Waals surface area contributed by atoms with Gasteiger partial charge in [-0.25, -0.2) is 0 Å². The lowest BCUT2D eigenvalue weighted by molar-refractivity contribution is 0.795. The second kappa shape index (κ2) is 10.1. The van der Waals surface area contributed by atoms with E-state index in [0.29, 0.717) is 6.42 Å². The fourth-order valence-electron chi connectivity index (χ4n) is 7.81. The molecule has 0 saturated carbocycles. The Morgan fingerprint density at radius 2 is 1.30 bits per heavy atom. The van der Waals surface area contributed by atoms with Gasteiger partial charge in [0.15, 0.2) is 0 Å². The number of hydrogen-bond acceptors (Lipinski definition) is 1. The van der Waals surface area contributed by atoms with E-state index in [1.54, 1.807) is 0 Å². The van der Waals surface area contributed by atoms with E-state index >= 15 is 0 Å².